The maximum atomic E-state index is 12.8. The van der Waals surface area contributed by atoms with Gasteiger partial charge in [-0.05, 0) is 73.4 Å². The first-order chi connectivity index (χ1) is 18.3. The first-order valence-corrected chi connectivity index (χ1v) is 12.5. The van der Waals surface area contributed by atoms with Crippen LogP contribution in [0.15, 0.2) is 71.8 Å². The van der Waals surface area contributed by atoms with E-state index in [2.05, 4.69) is 15.8 Å². The standard InChI is InChI=1S/C30H35N3O5/c1-6-37-27-17-23(11-16-26(27)38-19-22-9-7-21(4)8-10-22)18-31-33-30(35)28(20(2)3)29(34)32-24-12-14-25(36-5)15-13-24/h7-18,20,28H,6,19H2,1-5H3,(H,32,34)(H,33,35). The fraction of sp³-hybridized carbons (Fsp3) is 0.300. The first kappa shape index (κ1) is 28.2. The molecule has 0 radical (unpaired) electrons. The minimum atomic E-state index is -0.925. The maximum absolute atomic E-state index is 12.8. The van der Waals surface area contributed by atoms with Gasteiger partial charge in [-0.3, -0.25) is 9.59 Å². The smallest absolute Gasteiger partial charge is 0.252 e. The molecule has 0 fully saturated rings. The number of rotatable bonds is 12. The van der Waals surface area contributed by atoms with Gasteiger partial charge in [-0.1, -0.05) is 43.7 Å². The fourth-order valence-electron chi connectivity index (χ4n) is 3.70. The van der Waals surface area contributed by atoms with Gasteiger partial charge in [0.2, 0.25) is 5.91 Å². The molecule has 38 heavy (non-hydrogen) atoms. The molecule has 3 rings (SSSR count). The van der Waals surface area contributed by atoms with Crippen LogP contribution in [0.5, 0.6) is 17.2 Å². The summed E-state index contributed by atoms with van der Waals surface area (Å²) in [5.74, 6) is -0.202. The molecule has 0 heterocycles. The van der Waals surface area contributed by atoms with E-state index in [0.717, 1.165) is 5.56 Å². The van der Waals surface area contributed by atoms with E-state index >= 15 is 0 Å². The lowest BCUT2D eigenvalue weighted by Crippen LogP contribution is -2.39. The Kier molecular flexibility index (Phi) is 10.3. The molecule has 1 atom stereocenters. The average molecular weight is 518 g/mol. The van der Waals surface area contributed by atoms with Crippen LogP contribution in [-0.4, -0.2) is 31.7 Å². The number of hydrogen-bond donors (Lipinski definition) is 2. The zero-order valence-electron chi connectivity index (χ0n) is 22.5. The van der Waals surface area contributed by atoms with Gasteiger partial charge in [-0.25, -0.2) is 5.43 Å². The average Bonchev–Trinajstić information content (AvgIpc) is 2.89. The Morgan fingerprint density at radius 3 is 2.26 bits per heavy atom. The number of ether oxygens (including phenoxy) is 3. The number of carbonyl (C=O) groups is 2. The van der Waals surface area contributed by atoms with Crippen LogP contribution >= 0.6 is 0 Å². The number of carbonyl (C=O) groups excluding carboxylic acids is 2. The van der Waals surface area contributed by atoms with Crippen molar-refractivity contribution in [2.75, 3.05) is 19.0 Å². The Labute approximate surface area is 224 Å². The van der Waals surface area contributed by atoms with Crippen molar-refractivity contribution in [3.63, 3.8) is 0 Å². The highest BCUT2D eigenvalue weighted by atomic mass is 16.5. The van der Waals surface area contributed by atoms with Crippen molar-refractivity contribution in [2.24, 2.45) is 16.9 Å². The summed E-state index contributed by atoms with van der Waals surface area (Å²) in [7, 11) is 1.57. The van der Waals surface area contributed by atoms with E-state index in [1.807, 2.05) is 64.1 Å². The van der Waals surface area contributed by atoms with Crippen LogP contribution in [0, 0.1) is 18.8 Å². The zero-order valence-corrected chi connectivity index (χ0v) is 22.5. The highest BCUT2D eigenvalue weighted by Crippen LogP contribution is 2.29. The summed E-state index contributed by atoms with van der Waals surface area (Å²) >= 11 is 0. The fourth-order valence-corrected chi connectivity index (χ4v) is 3.70. The summed E-state index contributed by atoms with van der Waals surface area (Å²) in [6.07, 6.45) is 1.50. The Morgan fingerprint density at radius 2 is 1.63 bits per heavy atom. The Balaban J connectivity index is 1.63. The van der Waals surface area contributed by atoms with Gasteiger partial charge in [-0.2, -0.15) is 5.10 Å². The molecular formula is C30H35N3O5. The number of hydrogen-bond acceptors (Lipinski definition) is 6. The van der Waals surface area contributed by atoms with Crippen molar-refractivity contribution >= 4 is 23.7 Å². The normalized spacial score (nSPS) is 11.7. The van der Waals surface area contributed by atoms with Gasteiger partial charge in [0.15, 0.2) is 11.5 Å². The van der Waals surface area contributed by atoms with Crippen LogP contribution in [-0.2, 0) is 16.2 Å². The second-order valence-corrected chi connectivity index (χ2v) is 9.09. The minimum absolute atomic E-state index is 0.238. The summed E-state index contributed by atoms with van der Waals surface area (Å²) < 4.78 is 16.9. The van der Waals surface area contributed by atoms with E-state index in [4.69, 9.17) is 14.2 Å². The number of anilines is 1. The van der Waals surface area contributed by atoms with E-state index in [1.165, 1.54) is 11.8 Å². The molecule has 3 aromatic rings. The number of nitrogens with one attached hydrogen (secondary N) is 2. The molecule has 0 saturated heterocycles. The van der Waals surface area contributed by atoms with Crippen LogP contribution in [0.1, 0.15) is 37.5 Å². The molecule has 3 aromatic carbocycles. The second kappa shape index (κ2) is 13.8. The third-order valence-electron chi connectivity index (χ3n) is 5.76. The van der Waals surface area contributed by atoms with E-state index in [9.17, 15) is 9.59 Å². The van der Waals surface area contributed by atoms with Crippen molar-refractivity contribution in [3.05, 3.63) is 83.4 Å². The largest absolute Gasteiger partial charge is 0.497 e. The SMILES string of the molecule is CCOc1cc(C=NNC(=O)C(C(=O)Nc2ccc(OC)cc2)C(C)C)ccc1OCc1ccc(C)cc1. The van der Waals surface area contributed by atoms with E-state index in [-0.39, 0.29) is 5.92 Å². The lowest BCUT2D eigenvalue weighted by molar-refractivity contribution is -0.134. The Morgan fingerprint density at radius 1 is 0.921 bits per heavy atom. The molecule has 0 aliphatic rings. The molecule has 8 nitrogen and oxygen atoms in total. The quantitative estimate of drug-likeness (QED) is 0.192. The van der Waals surface area contributed by atoms with Crippen LogP contribution in [0.4, 0.5) is 5.69 Å². The number of methoxy groups -OCH3 is 1. The molecule has 2 N–H and O–H groups in total. The summed E-state index contributed by atoms with van der Waals surface area (Å²) in [5, 5.41) is 6.85. The molecular weight excluding hydrogens is 482 g/mol. The Bertz CT molecular complexity index is 1240. The summed E-state index contributed by atoms with van der Waals surface area (Å²) in [5.41, 5.74) is 6.03. The lowest BCUT2D eigenvalue weighted by Gasteiger charge is -2.18. The summed E-state index contributed by atoms with van der Waals surface area (Å²) in [4.78, 5) is 25.7. The van der Waals surface area contributed by atoms with Gasteiger partial charge in [0, 0.05) is 5.69 Å². The third kappa shape index (κ3) is 8.09. The van der Waals surface area contributed by atoms with Gasteiger partial charge < -0.3 is 19.5 Å². The van der Waals surface area contributed by atoms with E-state index < -0.39 is 17.7 Å². The van der Waals surface area contributed by atoms with Crippen LogP contribution < -0.4 is 25.0 Å². The molecule has 0 aromatic heterocycles. The number of benzene rings is 3. The number of nitrogens with zero attached hydrogens (tertiary/aromatic N) is 1. The molecule has 0 saturated carbocycles. The summed E-state index contributed by atoms with van der Waals surface area (Å²) in [6.45, 7) is 8.45. The highest BCUT2D eigenvalue weighted by Gasteiger charge is 2.30. The van der Waals surface area contributed by atoms with Crippen LogP contribution in [0.25, 0.3) is 0 Å². The van der Waals surface area contributed by atoms with E-state index in [0.29, 0.717) is 41.7 Å². The number of hydrazone groups is 1. The van der Waals surface area contributed by atoms with Crippen molar-refractivity contribution in [1.82, 2.24) is 5.43 Å². The van der Waals surface area contributed by atoms with Gasteiger partial charge in [0.25, 0.3) is 5.91 Å². The van der Waals surface area contributed by atoms with Crippen molar-refractivity contribution in [1.29, 1.82) is 0 Å². The first-order valence-electron chi connectivity index (χ1n) is 12.5. The molecule has 0 aliphatic heterocycles. The molecule has 0 aliphatic carbocycles. The summed E-state index contributed by atoms with van der Waals surface area (Å²) in [6, 6.07) is 20.5. The molecule has 0 bridgehead atoms. The van der Waals surface area contributed by atoms with E-state index in [1.54, 1.807) is 37.4 Å². The van der Waals surface area contributed by atoms with Crippen molar-refractivity contribution in [3.8, 4) is 17.2 Å². The predicted octanol–water partition coefficient (Wildman–Crippen LogP) is 5.34. The van der Waals surface area contributed by atoms with Gasteiger partial charge in [0.1, 0.15) is 18.3 Å². The molecule has 2 amide bonds. The molecule has 200 valence electrons. The number of aryl methyl sites for hydroxylation is 1. The van der Waals surface area contributed by atoms with Gasteiger partial charge in [-0.15, -0.1) is 0 Å². The van der Waals surface area contributed by atoms with Gasteiger partial charge in [0.05, 0.1) is 19.9 Å². The van der Waals surface area contributed by atoms with Crippen LogP contribution in [0.2, 0.25) is 0 Å². The maximum Gasteiger partial charge on any atom is 0.252 e. The monoisotopic (exact) mass is 517 g/mol. The zero-order chi connectivity index (χ0) is 27.5. The van der Waals surface area contributed by atoms with Gasteiger partial charge >= 0.3 is 0 Å². The Hall–Kier alpha value is -4.33. The minimum Gasteiger partial charge on any atom is -0.497 e. The van der Waals surface area contributed by atoms with Crippen LogP contribution in [0.3, 0.4) is 0 Å². The third-order valence-corrected chi connectivity index (χ3v) is 5.76. The molecule has 1 unspecified atom stereocenters. The second-order valence-electron chi connectivity index (χ2n) is 9.09. The van der Waals surface area contributed by atoms with Crippen molar-refractivity contribution in [2.45, 2.75) is 34.3 Å². The number of amides is 2. The highest BCUT2D eigenvalue weighted by molar-refractivity contribution is 6.06. The van der Waals surface area contributed by atoms with Crippen molar-refractivity contribution < 1.29 is 23.8 Å². The predicted molar refractivity (Wildman–Crippen MR) is 149 cm³/mol. The molecule has 0 spiro atoms. The molecule has 8 heteroatoms. The topological polar surface area (TPSA) is 98.2 Å². The lowest BCUT2D eigenvalue weighted by atomic mass is 9.94.